The first-order valence-electron chi connectivity index (χ1n) is 51.5. The monoisotopic (exact) mass is 1890 g/mol. The fraction of sp³-hybridized carbons (Fsp3) is 0.529. The summed E-state index contributed by atoms with van der Waals surface area (Å²) in [5.41, 5.74) is 19.1. The van der Waals surface area contributed by atoms with Crippen molar-refractivity contribution in [1.29, 1.82) is 0 Å². The van der Waals surface area contributed by atoms with Crippen LogP contribution in [0.4, 0.5) is 30.7 Å². The Balaban J connectivity index is 0.000000133. The van der Waals surface area contributed by atoms with E-state index in [-0.39, 0.29) is 79.5 Å². The Morgan fingerprint density at radius 3 is 0.971 bits per heavy atom. The number of rotatable bonds is 30. The zero-order valence-corrected chi connectivity index (χ0v) is 84.2. The predicted molar refractivity (Wildman–Crippen MR) is 549 cm³/mol. The van der Waals surface area contributed by atoms with Crippen molar-refractivity contribution in [3.8, 4) is 23.0 Å². The SMILES string of the molecule is C.CCC1CN(CCOc2cc(F)c([C@@H]3C4=C(C[C@@H](C)N3CC(C)(C)F)c3ccccc3C4)c(F)c2)C1.CCC1CN(CCOc2ccc([C@@H]3C4=C(C[C@@H](C)N3CC(C)(C)F)c3ccccc3C4)cc2)C1.CCCN1CC(Oc2ccc([C@@H]3C4=C(C[C@@H](C)N3CC(C)(C)F)c3ccccc3C4)cc2)C1.CCCN1CC(Oc2ccc([C@@H]3C4=C(C[C@@H](C)N3CC(C)(C)F)c3ccccc3C4)cc2F)C1. The molecular weight excluding hydrogens is 1740 g/mol. The van der Waals surface area contributed by atoms with Gasteiger partial charge in [0.2, 0.25) is 0 Å². The molecule has 4 fully saturated rings. The normalized spacial score (nSPS) is 23.3. The van der Waals surface area contributed by atoms with Gasteiger partial charge in [0.1, 0.15) is 77.0 Å². The Morgan fingerprint density at radius 1 is 0.326 bits per heavy atom. The van der Waals surface area contributed by atoms with Crippen LogP contribution in [0.3, 0.4) is 0 Å². The maximum absolute atomic E-state index is 15.7. The van der Waals surface area contributed by atoms with Crippen LogP contribution >= 0.6 is 0 Å². The van der Waals surface area contributed by atoms with E-state index < -0.39 is 40.4 Å². The summed E-state index contributed by atoms with van der Waals surface area (Å²) in [6, 6.07) is 59.4. The van der Waals surface area contributed by atoms with Crippen LogP contribution in [0, 0.1) is 29.3 Å². The van der Waals surface area contributed by atoms with Crippen molar-refractivity contribution >= 4 is 22.3 Å². The van der Waals surface area contributed by atoms with E-state index in [1.807, 2.05) is 30.0 Å². The van der Waals surface area contributed by atoms with Crippen molar-refractivity contribution in [3.63, 3.8) is 0 Å². The maximum Gasteiger partial charge on any atom is 0.165 e. The minimum Gasteiger partial charge on any atom is -0.492 e. The molecule has 8 atom stereocenters. The first-order chi connectivity index (χ1) is 65.5. The molecule has 8 aliphatic heterocycles. The number of hydrogen-bond donors (Lipinski definition) is 0. The number of likely N-dealkylation sites (tertiary alicyclic amines) is 4. The highest BCUT2D eigenvalue weighted by atomic mass is 19.2. The van der Waals surface area contributed by atoms with Crippen LogP contribution in [0.1, 0.15) is 261 Å². The van der Waals surface area contributed by atoms with Crippen LogP contribution in [-0.2, 0) is 25.7 Å². The van der Waals surface area contributed by atoms with Gasteiger partial charge >= 0.3 is 0 Å². The van der Waals surface area contributed by atoms with Gasteiger partial charge in [0, 0.05) is 133 Å². The molecule has 0 amide bonds. The minimum atomic E-state index is -1.50. The van der Waals surface area contributed by atoms with Crippen LogP contribution in [0.15, 0.2) is 198 Å². The van der Waals surface area contributed by atoms with Gasteiger partial charge in [0.25, 0.3) is 0 Å². The van der Waals surface area contributed by atoms with E-state index in [1.165, 1.54) is 136 Å². The molecule has 20 rings (SSSR count). The third kappa shape index (κ3) is 23.4. The fourth-order valence-corrected chi connectivity index (χ4v) is 24.1. The lowest BCUT2D eigenvalue weighted by molar-refractivity contribution is 0.0178. The molecule has 4 aliphatic carbocycles. The van der Waals surface area contributed by atoms with Crippen molar-refractivity contribution in [2.45, 2.75) is 278 Å². The number of hydrogen-bond acceptors (Lipinski definition) is 12. The van der Waals surface area contributed by atoms with Crippen molar-refractivity contribution < 1.29 is 49.7 Å². The third-order valence-electron chi connectivity index (χ3n) is 30.7. The Hall–Kier alpha value is -8.89. The van der Waals surface area contributed by atoms with Crippen LogP contribution in [0.25, 0.3) is 22.3 Å². The van der Waals surface area contributed by atoms with Gasteiger partial charge in [-0.1, -0.05) is 175 Å². The first-order valence-corrected chi connectivity index (χ1v) is 51.5. The standard InChI is InChI=1S/C30H37F3N2O.C30H39FN2O.C29H36F2N2O.C29H37FN2O.CH4/c1-5-20-16-34(17-20)10-11-36-22-14-26(31)28(27(32)15-22)29-25-13-21-8-6-7-9-23(21)24(25)12-19(2)35(29)18-30(3,4)33;1-5-22-18-32(19-22)14-15-34-25-12-10-23(11-13-25)29-28-17-24-8-6-7-9-26(24)27(28)16-21(2)33(29)20-30(3,4)31;1-5-12-32-16-22(17-32)34-27-11-10-21(15-26(27)30)28-25-14-20-8-6-7-9-23(20)24(25)13-19(2)33(28)18-29(3,4)31;1-5-14-31-17-24(18-31)33-23-12-10-21(11-13-23)28-27-16-22-8-6-7-9-25(22)26(27)15-20(2)32(28)19-29(3,4)30;/h6-9,14-15,19-20,29H,5,10-13,16-18H2,1-4H3;6-13,21-22,29H,5,14-20H2,1-4H3;6-11,15,19,22,28H,5,12-14,16-18H2,1-4H3;6-13,20,24,28H,5,14-19H2,1-4H3;1H4/t19-,29+;21-,29-;19-,28-;20-,28-;/m1111./s1. The Morgan fingerprint density at radius 2 is 0.630 bits per heavy atom. The van der Waals surface area contributed by atoms with Crippen LogP contribution in [0.2, 0.25) is 0 Å². The fourth-order valence-electron chi connectivity index (χ4n) is 24.1. The molecule has 0 saturated carbocycles. The van der Waals surface area contributed by atoms with Gasteiger partial charge in [0.05, 0.1) is 24.2 Å². The van der Waals surface area contributed by atoms with Crippen LogP contribution in [0.5, 0.6) is 23.0 Å². The molecule has 4 saturated heterocycles. The summed E-state index contributed by atoms with van der Waals surface area (Å²) >= 11 is 0. The number of benzene rings is 8. The summed E-state index contributed by atoms with van der Waals surface area (Å²) in [7, 11) is 0. The molecule has 12 nitrogen and oxygen atoms in total. The van der Waals surface area contributed by atoms with Gasteiger partial charge in [-0.2, -0.15) is 0 Å². The molecule has 0 spiro atoms. The number of alkyl halides is 4. The van der Waals surface area contributed by atoms with E-state index in [2.05, 4.69) is 216 Å². The van der Waals surface area contributed by atoms with Gasteiger partial charge in [-0.05, 0) is 314 Å². The smallest absolute Gasteiger partial charge is 0.165 e. The van der Waals surface area contributed by atoms with Crippen LogP contribution in [-0.4, -0.2) is 216 Å². The maximum atomic E-state index is 15.7. The lowest BCUT2D eigenvalue weighted by atomic mass is 9.84. The van der Waals surface area contributed by atoms with Crippen LogP contribution < -0.4 is 18.9 Å². The molecule has 0 radical (unpaired) electrons. The third-order valence-corrected chi connectivity index (χ3v) is 30.7. The quantitative estimate of drug-likeness (QED) is 0.0403. The highest BCUT2D eigenvalue weighted by Gasteiger charge is 2.48. The Labute approximate surface area is 820 Å². The van der Waals surface area contributed by atoms with E-state index >= 15 is 13.2 Å². The molecule has 8 aromatic carbocycles. The van der Waals surface area contributed by atoms with Crippen molar-refractivity contribution in [3.05, 3.63) is 282 Å². The van der Waals surface area contributed by atoms with E-state index in [1.54, 1.807) is 53.7 Å². The molecule has 12 aliphatic rings. The first kappa shape index (κ1) is 102. The van der Waals surface area contributed by atoms with E-state index in [9.17, 15) is 17.6 Å². The molecule has 0 N–H and O–H groups in total. The highest BCUT2D eigenvalue weighted by Crippen LogP contribution is 2.56. The van der Waals surface area contributed by atoms with Crippen molar-refractivity contribution in [2.75, 3.05) is 118 Å². The predicted octanol–water partition coefficient (Wildman–Crippen LogP) is 25.8. The Kier molecular flexibility index (Phi) is 31.9. The van der Waals surface area contributed by atoms with Gasteiger partial charge < -0.3 is 18.9 Å². The second kappa shape index (κ2) is 43.1. The molecule has 742 valence electrons. The molecule has 19 heteroatoms. The molecule has 8 heterocycles. The number of ether oxygens (including phenoxy) is 4. The van der Waals surface area contributed by atoms with Gasteiger partial charge in [0.15, 0.2) is 11.6 Å². The summed E-state index contributed by atoms with van der Waals surface area (Å²) in [4.78, 5) is 18.5. The molecular formula is C119H153F7N8O4. The van der Waals surface area contributed by atoms with E-state index in [0.717, 1.165) is 175 Å². The molecule has 0 aromatic heterocycles. The van der Waals surface area contributed by atoms with Crippen molar-refractivity contribution in [1.82, 2.24) is 39.2 Å². The second-order valence-electron chi connectivity index (χ2n) is 44.1. The number of halogens is 7. The van der Waals surface area contributed by atoms with E-state index in [0.29, 0.717) is 44.5 Å². The summed E-state index contributed by atoms with van der Waals surface area (Å²) in [6.45, 7) is 45.2. The summed E-state index contributed by atoms with van der Waals surface area (Å²) in [5.74, 6) is 2.38. The molecule has 0 unspecified atom stereocenters. The van der Waals surface area contributed by atoms with E-state index in [4.69, 9.17) is 18.9 Å². The highest BCUT2D eigenvalue weighted by molar-refractivity contribution is 5.82. The van der Waals surface area contributed by atoms with Gasteiger partial charge in [-0.25, -0.2) is 30.7 Å². The zero-order chi connectivity index (χ0) is 96.7. The largest absolute Gasteiger partial charge is 0.492 e. The Bertz CT molecular complexity index is 5640. The summed E-state index contributed by atoms with van der Waals surface area (Å²) < 4.78 is 130. The minimum absolute atomic E-state index is 0. The number of fused-ring (bicyclic) bond motifs is 8. The zero-order valence-electron chi connectivity index (χ0n) is 84.2. The summed E-state index contributed by atoms with van der Waals surface area (Å²) in [6.07, 6.45) is 12.1. The average molecular weight is 1890 g/mol. The molecule has 0 bridgehead atoms. The second-order valence-corrected chi connectivity index (χ2v) is 44.1. The van der Waals surface area contributed by atoms with Gasteiger partial charge in [-0.3, -0.25) is 39.2 Å². The lowest BCUT2D eigenvalue weighted by Gasteiger charge is -2.44. The molecule has 8 aromatic rings. The van der Waals surface area contributed by atoms with Crippen molar-refractivity contribution in [2.24, 2.45) is 11.8 Å². The van der Waals surface area contributed by atoms with Gasteiger partial charge in [-0.15, -0.1) is 0 Å². The topological polar surface area (TPSA) is 62.8 Å². The number of nitrogens with zero attached hydrogens (tertiary/aromatic N) is 8. The lowest BCUT2D eigenvalue weighted by Crippen LogP contribution is -2.53. The molecule has 138 heavy (non-hydrogen) atoms. The summed E-state index contributed by atoms with van der Waals surface area (Å²) in [5, 5.41) is 0. The average Bonchev–Trinajstić information content (AvgIpc) is 1.66.